The standard InChI is InChI=1S/C23H17NO6/c1-13-4-2-3-5-17(13)21(26)24-16-9-6-14(7-10-16)20(25)15-8-11-18(22(27)28)19(12-15)23(29)30/h2-12H,1H3,(H,24,26)(H,27,28)(H,29,30). The molecule has 0 heterocycles. The highest BCUT2D eigenvalue weighted by Gasteiger charge is 2.19. The maximum Gasteiger partial charge on any atom is 0.336 e. The highest BCUT2D eigenvalue weighted by molar-refractivity contribution is 6.12. The van der Waals surface area contributed by atoms with Gasteiger partial charge in [0.15, 0.2) is 5.78 Å². The molecule has 0 aromatic heterocycles. The first-order valence-corrected chi connectivity index (χ1v) is 8.90. The number of nitrogens with one attached hydrogen (secondary N) is 1. The summed E-state index contributed by atoms with van der Waals surface area (Å²) in [6.07, 6.45) is 0. The van der Waals surface area contributed by atoms with Crippen molar-refractivity contribution in [2.24, 2.45) is 0 Å². The van der Waals surface area contributed by atoms with Crippen LogP contribution in [0.4, 0.5) is 5.69 Å². The molecule has 3 rings (SSSR count). The van der Waals surface area contributed by atoms with Crippen molar-refractivity contribution >= 4 is 29.3 Å². The Morgan fingerprint density at radius 3 is 1.90 bits per heavy atom. The largest absolute Gasteiger partial charge is 0.478 e. The first kappa shape index (κ1) is 20.5. The SMILES string of the molecule is Cc1ccccc1C(=O)Nc1ccc(C(=O)c2ccc(C(=O)O)c(C(=O)O)c2)cc1. The summed E-state index contributed by atoms with van der Waals surface area (Å²) in [5, 5.41) is 21.0. The lowest BCUT2D eigenvalue weighted by Crippen LogP contribution is -2.13. The fourth-order valence-electron chi connectivity index (χ4n) is 2.95. The Kier molecular flexibility index (Phi) is 5.73. The van der Waals surface area contributed by atoms with E-state index in [1.54, 1.807) is 24.3 Å². The van der Waals surface area contributed by atoms with Gasteiger partial charge in [-0.1, -0.05) is 24.3 Å². The lowest BCUT2D eigenvalue weighted by Gasteiger charge is -2.09. The molecule has 0 spiro atoms. The molecule has 0 aliphatic heterocycles. The van der Waals surface area contributed by atoms with Gasteiger partial charge in [-0.05, 0) is 55.0 Å². The van der Waals surface area contributed by atoms with Crippen molar-refractivity contribution in [3.8, 4) is 0 Å². The van der Waals surface area contributed by atoms with Gasteiger partial charge in [-0.15, -0.1) is 0 Å². The number of amides is 1. The molecule has 0 radical (unpaired) electrons. The van der Waals surface area contributed by atoms with Crippen LogP contribution in [-0.2, 0) is 0 Å². The second-order valence-electron chi connectivity index (χ2n) is 6.55. The number of hydrogen-bond acceptors (Lipinski definition) is 4. The molecule has 0 saturated heterocycles. The second kappa shape index (κ2) is 8.40. The molecule has 3 aromatic rings. The Labute approximate surface area is 171 Å². The van der Waals surface area contributed by atoms with Crippen molar-refractivity contribution in [1.82, 2.24) is 0 Å². The zero-order chi connectivity index (χ0) is 21.8. The predicted octanol–water partition coefficient (Wildman–Crippen LogP) is 3.87. The predicted molar refractivity (Wildman–Crippen MR) is 109 cm³/mol. The molecule has 30 heavy (non-hydrogen) atoms. The topological polar surface area (TPSA) is 121 Å². The molecule has 0 unspecified atom stereocenters. The molecule has 3 N–H and O–H groups in total. The van der Waals surface area contributed by atoms with Crippen LogP contribution in [0, 0.1) is 6.92 Å². The van der Waals surface area contributed by atoms with E-state index in [0.29, 0.717) is 11.3 Å². The summed E-state index contributed by atoms with van der Waals surface area (Å²) in [5.74, 6) is -3.56. The van der Waals surface area contributed by atoms with E-state index in [2.05, 4.69) is 5.32 Å². The summed E-state index contributed by atoms with van der Waals surface area (Å²) in [6.45, 7) is 1.83. The van der Waals surface area contributed by atoms with Crippen LogP contribution in [0.1, 0.15) is 52.6 Å². The lowest BCUT2D eigenvalue weighted by molar-refractivity contribution is 0.0651. The van der Waals surface area contributed by atoms with Crippen LogP contribution in [0.3, 0.4) is 0 Å². The molecule has 3 aromatic carbocycles. The molecule has 0 saturated carbocycles. The number of anilines is 1. The van der Waals surface area contributed by atoms with E-state index in [1.165, 1.54) is 18.2 Å². The molecular formula is C23H17NO6. The van der Waals surface area contributed by atoms with Gasteiger partial charge in [0.25, 0.3) is 5.91 Å². The summed E-state index contributed by atoms with van der Waals surface area (Å²) in [5.41, 5.74) is 1.33. The summed E-state index contributed by atoms with van der Waals surface area (Å²) in [6, 6.07) is 16.7. The molecule has 0 atom stereocenters. The minimum absolute atomic E-state index is 0.0501. The summed E-state index contributed by atoms with van der Waals surface area (Å²) < 4.78 is 0. The van der Waals surface area contributed by atoms with Crippen LogP contribution in [0.5, 0.6) is 0 Å². The Morgan fingerprint density at radius 1 is 0.700 bits per heavy atom. The maximum atomic E-state index is 12.7. The van der Waals surface area contributed by atoms with Crippen LogP contribution in [0.15, 0.2) is 66.7 Å². The average molecular weight is 403 g/mol. The zero-order valence-electron chi connectivity index (χ0n) is 15.9. The number of rotatable bonds is 6. The third-order valence-electron chi connectivity index (χ3n) is 4.54. The molecule has 0 aliphatic rings. The number of carboxylic acids is 2. The summed E-state index contributed by atoms with van der Waals surface area (Å²) in [4.78, 5) is 47.5. The quantitative estimate of drug-likeness (QED) is 0.537. The van der Waals surface area contributed by atoms with Crippen molar-refractivity contribution in [3.05, 3.63) is 100 Å². The summed E-state index contributed by atoms with van der Waals surface area (Å²) in [7, 11) is 0. The van der Waals surface area contributed by atoms with Crippen LogP contribution >= 0.6 is 0 Å². The third-order valence-corrected chi connectivity index (χ3v) is 4.54. The molecular weight excluding hydrogens is 386 g/mol. The Bertz CT molecular complexity index is 1160. The maximum absolute atomic E-state index is 12.7. The zero-order valence-corrected chi connectivity index (χ0v) is 15.9. The van der Waals surface area contributed by atoms with Crippen LogP contribution < -0.4 is 5.32 Å². The number of carboxylic acid groups (broad SMARTS) is 2. The van der Waals surface area contributed by atoms with Crippen molar-refractivity contribution in [3.63, 3.8) is 0 Å². The highest BCUT2D eigenvalue weighted by Crippen LogP contribution is 2.19. The molecule has 7 nitrogen and oxygen atoms in total. The number of aromatic carboxylic acids is 2. The van der Waals surface area contributed by atoms with Crippen LogP contribution in [0.2, 0.25) is 0 Å². The highest BCUT2D eigenvalue weighted by atomic mass is 16.4. The van der Waals surface area contributed by atoms with Crippen LogP contribution in [0.25, 0.3) is 0 Å². The van der Waals surface area contributed by atoms with E-state index in [1.807, 2.05) is 19.1 Å². The van der Waals surface area contributed by atoms with Gasteiger partial charge in [-0.2, -0.15) is 0 Å². The van der Waals surface area contributed by atoms with E-state index < -0.39 is 28.8 Å². The Hall–Kier alpha value is -4.26. The number of hydrogen-bond donors (Lipinski definition) is 3. The number of ketones is 1. The normalized spacial score (nSPS) is 10.3. The fourth-order valence-corrected chi connectivity index (χ4v) is 2.95. The number of aryl methyl sites for hydroxylation is 1. The molecule has 0 bridgehead atoms. The van der Waals surface area contributed by atoms with Crippen molar-refractivity contribution in [2.45, 2.75) is 6.92 Å². The third kappa shape index (κ3) is 4.25. The number of carbonyl (C=O) groups is 4. The van der Waals surface area contributed by atoms with Gasteiger partial charge in [-0.3, -0.25) is 9.59 Å². The number of benzene rings is 3. The first-order chi connectivity index (χ1) is 14.3. The van der Waals surface area contributed by atoms with E-state index in [-0.39, 0.29) is 17.0 Å². The molecule has 0 aliphatic carbocycles. The smallest absolute Gasteiger partial charge is 0.336 e. The van der Waals surface area contributed by atoms with Gasteiger partial charge < -0.3 is 15.5 Å². The van der Waals surface area contributed by atoms with Gasteiger partial charge in [0, 0.05) is 22.4 Å². The van der Waals surface area contributed by atoms with Gasteiger partial charge in [0.05, 0.1) is 11.1 Å². The first-order valence-electron chi connectivity index (χ1n) is 8.90. The van der Waals surface area contributed by atoms with E-state index >= 15 is 0 Å². The van der Waals surface area contributed by atoms with Crippen molar-refractivity contribution in [2.75, 3.05) is 5.32 Å². The average Bonchev–Trinajstić information content (AvgIpc) is 2.73. The monoisotopic (exact) mass is 403 g/mol. The van der Waals surface area contributed by atoms with Gasteiger partial charge in [0.2, 0.25) is 0 Å². The fraction of sp³-hybridized carbons (Fsp3) is 0.0435. The Morgan fingerprint density at radius 2 is 1.30 bits per heavy atom. The minimum Gasteiger partial charge on any atom is -0.478 e. The van der Waals surface area contributed by atoms with Gasteiger partial charge in [0.1, 0.15) is 0 Å². The van der Waals surface area contributed by atoms with Crippen molar-refractivity contribution < 1.29 is 29.4 Å². The van der Waals surface area contributed by atoms with E-state index in [0.717, 1.165) is 17.7 Å². The van der Waals surface area contributed by atoms with Gasteiger partial charge in [-0.25, -0.2) is 9.59 Å². The lowest BCUT2D eigenvalue weighted by atomic mass is 9.98. The molecule has 1 amide bonds. The van der Waals surface area contributed by atoms with E-state index in [9.17, 15) is 24.3 Å². The number of carbonyl (C=O) groups excluding carboxylic acids is 2. The molecule has 150 valence electrons. The minimum atomic E-state index is -1.43. The molecule has 0 fully saturated rings. The molecule has 7 heteroatoms. The van der Waals surface area contributed by atoms with E-state index in [4.69, 9.17) is 5.11 Å². The van der Waals surface area contributed by atoms with Gasteiger partial charge >= 0.3 is 11.9 Å². The second-order valence-corrected chi connectivity index (χ2v) is 6.55. The van der Waals surface area contributed by atoms with Crippen LogP contribution in [-0.4, -0.2) is 33.8 Å². The Balaban J connectivity index is 1.81. The summed E-state index contributed by atoms with van der Waals surface area (Å²) >= 11 is 0. The van der Waals surface area contributed by atoms with Crippen molar-refractivity contribution in [1.29, 1.82) is 0 Å².